The normalized spacial score (nSPS) is 18.6. The van der Waals surface area contributed by atoms with Gasteiger partial charge in [-0.25, -0.2) is 8.42 Å². The summed E-state index contributed by atoms with van der Waals surface area (Å²) in [6.07, 6.45) is -2.02. The molecule has 1 heterocycles. The van der Waals surface area contributed by atoms with E-state index in [1.807, 2.05) is 0 Å². The number of hydrogen-bond acceptors (Lipinski definition) is 4. The van der Waals surface area contributed by atoms with E-state index in [4.69, 9.17) is 16.3 Å². The summed E-state index contributed by atoms with van der Waals surface area (Å²) in [5.74, 6) is -18.5. The molecule has 0 saturated heterocycles. The highest BCUT2D eigenvalue weighted by Gasteiger charge is 2.85. The van der Waals surface area contributed by atoms with E-state index in [9.17, 15) is 39.6 Å². The van der Waals surface area contributed by atoms with Crippen LogP contribution in [0.5, 0.6) is 0 Å². The van der Waals surface area contributed by atoms with Gasteiger partial charge in [0.2, 0.25) is 5.78 Å². The third-order valence-electron chi connectivity index (χ3n) is 6.38. The highest BCUT2D eigenvalue weighted by molar-refractivity contribution is 7.96. The van der Waals surface area contributed by atoms with Crippen molar-refractivity contribution in [2.75, 3.05) is 0 Å². The minimum absolute atomic E-state index is 0.0566. The Labute approximate surface area is 243 Å². The van der Waals surface area contributed by atoms with Crippen molar-refractivity contribution in [1.82, 2.24) is 0 Å². The number of hydrogen-bond donors (Lipinski definition) is 0. The maximum absolute atomic E-state index is 15.3. The number of sulfone groups is 1. The minimum atomic E-state index is -7.26. The van der Waals surface area contributed by atoms with Crippen LogP contribution >= 0.6 is 23.2 Å². The largest absolute Gasteiger partial charge is 0.480 e. The van der Waals surface area contributed by atoms with Crippen LogP contribution in [0.15, 0.2) is 89.8 Å². The first-order valence-electron chi connectivity index (χ1n) is 11.6. The molecule has 42 heavy (non-hydrogen) atoms. The highest BCUT2D eigenvalue weighted by atomic mass is 35.5. The monoisotopic (exact) mass is 658 g/mol. The van der Waals surface area contributed by atoms with Crippen molar-refractivity contribution in [2.45, 2.75) is 34.5 Å². The van der Waals surface area contributed by atoms with Crippen LogP contribution in [-0.2, 0) is 14.6 Å². The van der Waals surface area contributed by atoms with Gasteiger partial charge in [0.25, 0.3) is 9.84 Å². The quantitative estimate of drug-likeness (QED) is 0.132. The lowest BCUT2D eigenvalue weighted by atomic mass is 9.89. The molecule has 0 unspecified atom stereocenters. The fraction of sp³-hybridized carbons (Fsp3) is 0.222. The highest BCUT2D eigenvalue weighted by Crippen LogP contribution is 2.59. The molecule has 0 saturated carbocycles. The Hall–Kier alpha value is -3.16. The second kappa shape index (κ2) is 10.8. The fourth-order valence-corrected chi connectivity index (χ4v) is 6.25. The van der Waals surface area contributed by atoms with E-state index < -0.39 is 60.8 Å². The first-order chi connectivity index (χ1) is 19.4. The topological polar surface area (TPSA) is 60.4 Å². The molecule has 0 fully saturated rings. The minimum Gasteiger partial charge on any atom is -0.480 e. The summed E-state index contributed by atoms with van der Waals surface area (Å²) in [6.45, 7) is 0. The Bertz CT molecular complexity index is 1610. The molecule has 0 spiro atoms. The molecule has 224 valence electrons. The zero-order valence-electron chi connectivity index (χ0n) is 20.6. The maximum atomic E-state index is 15.3. The third kappa shape index (κ3) is 5.05. The van der Waals surface area contributed by atoms with Gasteiger partial charge < -0.3 is 4.74 Å². The van der Waals surface area contributed by atoms with E-state index in [0.717, 1.165) is 36.4 Å². The van der Waals surface area contributed by atoms with Crippen LogP contribution in [0.4, 0.5) is 35.1 Å². The molecule has 0 bridgehead atoms. The van der Waals surface area contributed by atoms with Gasteiger partial charge >= 0.3 is 22.5 Å². The summed E-state index contributed by atoms with van der Waals surface area (Å²) < 4.78 is 147. The van der Waals surface area contributed by atoms with E-state index >= 15 is 8.78 Å². The molecule has 4 nitrogen and oxygen atoms in total. The van der Waals surface area contributed by atoms with Crippen molar-refractivity contribution in [2.24, 2.45) is 0 Å². The molecule has 3 aromatic rings. The van der Waals surface area contributed by atoms with Crippen LogP contribution in [0, 0.1) is 0 Å². The second-order valence-electron chi connectivity index (χ2n) is 9.02. The van der Waals surface area contributed by atoms with Crippen LogP contribution in [0.1, 0.15) is 27.4 Å². The van der Waals surface area contributed by atoms with Crippen LogP contribution in [0.2, 0.25) is 5.02 Å². The summed E-state index contributed by atoms with van der Waals surface area (Å²) in [7, 11) is -7.08. The number of halogens is 10. The van der Waals surface area contributed by atoms with Gasteiger partial charge in [0, 0.05) is 16.1 Å². The van der Waals surface area contributed by atoms with Crippen molar-refractivity contribution in [3.05, 3.63) is 112 Å². The standard InChI is InChI=1S/C27H16Cl2F8O4S/c28-18-13-11-15(12-14-18)19-22(20(38)16-7-3-1-4-8-16)41-21(17-9-5-2-6-10-17)23(19)42(39,40)27(36,37)25(32,33)24(30,31)26(29,34)35/h1-14,19,22H/t19-,22+/m0/s1. The number of alkyl halides is 9. The molecular formula is C27H16Cl2F8O4S. The lowest BCUT2D eigenvalue weighted by Crippen LogP contribution is -2.63. The summed E-state index contributed by atoms with van der Waals surface area (Å²) >= 11 is 9.91. The molecule has 1 aliphatic rings. The number of carbonyl (C=O) groups excluding carboxylic acids is 1. The molecular weight excluding hydrogens is 643 g/mol. The van der Waals surface area contributed by atoms with Gasteiger partial charge in [-0.2, -0.15) is 35.1 Å². The van der Waals surface area contributed by atoms with Crippen LogP contribution < -0.4 is 0 Å². The Kier molecular flexibility index (Phi) is 8.20. The lowest BCUT2D eigenvalue weighted by molar-refractivity contribution is -0.326. The maximum Gasteiger partial charge on any atom is 0.417 e. The zero-order chi connectivity index (χ0) is 31.3. The number of ketones is 1. The van der Waals surface area contributed by atoms with E-state index in [2.05, 4.69) is 11.6 Å². The molecule has 15 heteroatoms. The van der Waals surface area contributed by atoms with Gasteiger partial charge in [-0.05, 0) is 29.3 Å². The fourth-order valence-electron chi connectivity index (χ4n) is 4.26. The summed E-state index contributed by atoms with van der Waals surface area (Å²) in [5.41, 5.74) is -0.725. The molecule has 2 atom stereocenters. The van der Waals surface area contributed by atoms with Gasteiger partial charge in [-0.3, -0.25) is 4.79 Å². The SMILES string of the molecule is O=C(c1ccccc1)[C@@H]1OC(c2ccccc2)=C(S(=O)(=O)C(F)(F)C(F)(F)C(F)(F)C(F)(F)Cl)[C@H]1c1ccc(Cl)cc1. The molecule has 3 aromatic carbocycles. The van der Waals surface area contributed by atoms with Gasteiger partial charge in [-0.15, -0.1) is 0 Å². The Morgan fingerprint density at radius 3 is 1.74 bits per heavy atom. The summed E-state index contributed by atoms with van der Waals surface area (Å²) in [6, 6.07) is 17.5. The molecule has 0 N–H and O–H groups in total. The number of rotatable bonds is 9. The van der Waals surface area contributed by atoms with Gasteiger partial charge in [-0.1, -0.05) is 84.4 Å². The van der Waals surface area contributed by atoms with Gasteiger partial charge in [0.1, 0.15) is 10.7 Å². The Morgan fingerprint density at radius 1 is 0.738 bits per heavy atom. The molecule has 0 amide bonds. The average molecular weight is 659 g/mol. The van der Waals surface area contributed by atoms with E-state index in [-0.39, 0.29) is 21.7 Å². The third-order valence-corrected chi connectivity index (χ3v) is 8.82. The summed E-state index contributed by atoms with van der Waals surface area (Å²) in [5, 5.41) is -13.1. The molecule has 1 aliphatic heterocycles. The number of benzene rings is 3. The smallest absolute Gasteiger partial charge is 0.417 e. The molecule has 4 rings (SSSR count). The Morgan fingerprint density at radius 2 is 1.24 bits per heavy atom. The van der Waals surface area contributed by atoms with Crippen LogP contribution in [-0.4, -0.2) is 42.8 Å². The number of ether oxygens (including phenoxy) is 1. The molecule has 0 radical (unpaired) electrons. The van der Waals surface area contributed by atoms with Crippen molar-refractivity contribution in [3.63, 3.8) is 0 Å². The van der Waals surface area contributed by atoms with E-state index in [0.29, 0.717) is 0 Å². The first-order valence-corrected chi connectivity index (χ1v) is 13.9. The average Bonchev–Trinajstić information content (AvgIpc) is 3.34. The van der Waals surface area contributed by atoms with E-state index in [1.165, 1.54) is 48.5 Å². The molecule has 0 aromatic heterocycles. The summed E-state index contributed by atoms with van der Waals surface area (Å²) in [4.78, 5) is 11.8. The Balaban J connectivity index is 2.04. The predicted molar refractivity (Wildman–Crippen MR) is 138 cm³/mol. The predicted octanol–water partition coefficient (Wildman–Crippen LogP) is 8.18. The van der Waals surface area contributed by atoms with Crippen molar-refractivity contribution >= 4 is 44.6 Å². The first kappa shape index (κ1) is 31.8. The van der Waals surface area contributed by atoms with Gasteiger partial charge in [0.15, 0.2) is 6.10 Å². The second-order valence-corrected chi connectivity index (χ2v) is 11.9. The van der Waals surface area contributed by atoms with E-state index in [1.54, 1.807) is 0 Å². The van der Waals surface area contributed by atoms with Crippen LogP contribution in [0.25, 0.3) is 5.76 Å². The van der Waals surface area contributed by atoms with Crippen LogP contribution in [0.3, 0.4) is 0 Å². The number of Topliss-reactive ketones (excluding diaryl/α,β-unsaturated/α-hetero) is 1. The number of carbonyl (C=O) groups is 1. The van der Waals surface area contributed by atoms with Crippen molar-refractivity contribution < 1.29 is 53.1 Å². The van der Waals surface area contributed by atoms with Crippen molar-refractivity contribution in [1.29, 1.82) is 0 Å². The van der Waals surface area contributed by atoms with Crippen molar-refractivity contribution in [3.8, 4) is 0 Å². The zero-order valence-corrected chi connectivity index (χ0v) is 22.9. The molecule has 0 aliphatic carbocycles. The lowest BCUT2D eigenvalue weighted by Gasteiger charge is -2.34. The van der Waals surface area contributed by atoms with Gasteiger partial charge in [0.05, 0.1) is 5.92 Å².